The lowest BCUT2D eigenvalue weighted by molar-refractivity contribution is 0.0312. The molecule has 56 valence electrons. The fourth-order valence-electron chi connectivity index (χ4n) is 0.337. The minimum atomic E-state index is -0.514. The molecule has 0 bridgehead atoms. The van der Waals surface area contributed by atoms with Crippen molar-refractivity contribution in [3.8, 4) is 0 Å². The van der Waals surface area contributed by atoms with Gasteiger partial charge in [0.1, 0.15) is 0 Å². The number of ether oxygens (including phenoxy) is 1. The summed E-state index contributed by atoms with van der Waals surface area (Å²) in [5.41, 5.74) is 0. The quantitative estimate of drug-likeness (QED) is 0.360. The highest BCUT2D eigenvalue weighted by Crippen LogP contribution is 1.87. The predicted molar refractivity (Wildman–Crippen MR) is 37.8 cm³/mol. The number of aliphatic hydroxyl groups is 2. The Kier molecular flexibility index (Phi) is 6.51. The molecule has 4 heteroatoms. The molecule has 0 aliphatic heterocycles. The Hall–Kier alpha value is 0.230. The van der Waals surface area contributed by atoms with Gasteiger partial charge in [0.25, 0.3) is 0 Å². The molecule has 1 atom stereocenters. The van der Waals surface area contributed by atoms with Gasteiger partial charge in [0.05, 0.1) is 25.9 Å². The first-order valence-corrected chi connectivity index (χ1v) is 3.42. The summed E-state index contributed by atoms with van der Waals surface area (Å²) >= 11 is 3.83. The monoisotopic (exact) mass is 152 g/mol. The molecule has 0 aliphatic carbocycles. The molecule has 0 aromatic heterocycles. The van der Waals surface area contributed by atoms with Crippen LogP contribution in [0.2, 0.25) is 0 Å². The third kappa shape index (κ3) is 6.11. The Morgan fingerprint density at radius 2 is 2.22 bits per heavy atom. The van der Waals surface area contributed by atoms with Gasteiger partial charge < -0.3 is 14.9 Å². The van der Waals surface area contributed by atoms with Crippen LogP contribution >= 0.6 is 12.6 Å². The smallest absolute Gasteiger partial charge is 0.0861 e. The van der Waals surface area contributed by atoms with E-state index < -0.39 is 6.10 Å². The number of aliphatic hydroxyl groups excluding tert-OH is 2. The van der Waals surface area contributed by atoms with Crippen molar-refractivity contribution < 1.29 is 14.9 Å². The van der Waals surface area contributed by atoms with E-state index in [1.807, 2.05) is 0 Å². The molecule has 0 radical (unpaired) electrons. The van der Waals surface area contributed by atoms with E-state index in [0.717, 1.165) is 0 Å². The molecule has 0 aromatic carbocycles. The van der Waals surface area contributed by atoms with Gasteiger partial charge in [-0.2, -0.15) is 12.6 Å². The lowest BCUT2D eigenvalue weighted by Crippen LogP contribution is -2.17. The normalized spacial score (nSPS) is 13.7. The number of hydrogen-bond donors (Lipinski definition) is 3. The Labute approximate surface area is 60.1 Å². The van der Waals surface area contributed by atoms with Crippen LogP contribution in [0, 0.1) is 0 Å². The summed E-state index contributed by atoms with van der Waals surface area (Å²) in [5.74, 6) is 0.394. The maximum atomic E-state index is 8.80. The van der Waals surface area contributed by atoms with E-state index in [1.54, 1.807) is 0 Å². The topological polar surface area (TPSA) is 49.7 Å². The van der Waals surface area contributed by atoms with E-state index in [1.165, 1.54) is 0 Å². The molecular weight excluding hydrogens is 140 g/mol. The second-order valence-corrected chi connectivity index (χ2v) is 2.00. The highest BCUT2D eigenvalue weighted by Gasteiger charge is 1.98. The zero-order valence-corrected chi connectivity index (χ0v) is 6.05. The first-order chi connectivity index (χ1) is 4.31. The summed E-state index contributed by atoms with van der Waals surface area (Å²) in [6.45, 7) is 0.536. The standard InChI is InChI=1S/C5H12O3S/c6-1-2-8-3-5(7)4-9/h5-7,9H,1-4H2. The summed E-state index contributed by atoms with van der Waals surface area (Å²) < 4.78 is 4.79. The highest BCUT2D eigenvalue weighted by molar-refractivity contribution is 7.80. The van der Waals surface area contributed by atoms with Crippen LogP contribution in [-0.2, 0) is 4.74 Å². The Morgan fingerprint density at radius 3 is 2.67 bits per heavy atom. The first-order valence-electron chi connectivity index (χ1n) is 2.78. The van der Waals surface area contributed by atoms with E-state index in [-0.39, 0.29) is 19.8 Å². The van der Waals surface area contributed by atoms with Crippen LogP contribution in [0.4, 0.5) is 0 Å². The zero-order chi connectivity index (χ0) is 7.11. The van der Waals surface area contributed by atoms with Crippen molar-refractivity contribution in [2.24, 2.45) is 0 Å². The molecule has 0 saturated carbocycles. The van der Waals surface area contributed by atoms with E-state index >= 15 is 0 Å². The summed E-state index contributed by atoms with van der Waals surface area (Å²) in [7, 11) is 0. The van der Waals surface area contributed by atoms with Crippen molar-refractivity contribution in [3.63, 3.8) is 0 Å². The lowest BCUT2D eigenvalue weighted by Gasteiger charge is -2.05. The Morgan fingerprint density at radius 1 is 1.56 bits per heavy atom. The first kappa shape index (κ1) is 9.23. The van der Waals surface area contributed by atoms with Crippen molar-refractivity contribution in [1.29, 1.82) is 0 Å². The van der Waals surface area contributed by atoms with Crippen LogP contribution in [-0.4, -0.2) is 41.9 Å². The molecule has 2 N–H and O–H groups in total. The third-order valence-electron chi connectivity index (χ3n) is 0.757. The van der Waals surface area contributed by atoms with Gasteiger partial charge >= 0.3 is 0 Å². The predicted octanol–water partition coefficient (Wildman–Crippen LogP) is -0.714. The van der Waals surface area contributed by atoms with Gasteiger partial charge in [0.15, 0.2) is 0 Å². The fraction of sp³-hybridized carbons (Fsp3) is 1.00. The molecular formula is C5H12O3S. The molecule has 0 amide bonds. The minimum absolute atomic E-state index is 0.000703. The summed E-state index contributed by atoms with van der Waals surface area (Å²) in [4.78, 5) is 0. The zero-order valence-electron chi connectivity index (χ0n) is 5.16. The van der Waals surface area contributed by atoms with Crippen LogP contribution in [0.15, 0.2) is 0 Å². The van der Waals surface area contributed by atoms with E-state index in [2.05, 4.69) is 12.6 Å². The molecule has 9 heavy (non-hydrogen) atoms. The summed E-state index contributed by atoms with van der Waals surface area (Å²) in [5, 5.41) is 17.0. The van der Waals surface area contributed by atoms with Gasteiger partial charge in [-0.1, -0.05) is 0 Å². The van der Waals surface area contributed by atoms with Gasteiger partial charge in [-0.3, -0.25) is 0 Å². The third-order valence-corrected chi connectivity index (χ3v) is 1.18. The second kappa shape index (κ2) is 6.35. The molecule has 0 fully saturated rings. The largest absolute Gasteiger partial charge is 0.394 e. The average molecular weight is 152 g/mol. The number of thiol groups is 1. The van der Waals surface area contributed by atoms with Crippen molar-refractivity contribution in [1.82, 2.24) is 0 Å². The lowest BCUT2D eigenvalue weighted by atomic mass is 10.4. The van der Waals surface area contributed by atoms with Crippen molar-refractivity contribution in [2.75, 3.05) is 25.6 Å². The summed E-state index contributed by atoms with van der Waals surface area (Å²) in [6.07, 6.45) is -0.514. The molecule has 0 aromatic rings. The molecule has 1 unspecified atom stereocenters. The molecule has 3 nitrogen and oxygen atoms in total. The van der Waals surface area contributed by atoms with Crippen molar-refractivity contribution in [2.45, 2.75) is 6.10 Å². The van der Waals surface area contributed by atoms with Gasteiger partial charge in [0, 0.05) is 5.75 Å². The molecule has 0 spiro atoms. The number of rotatable bonds is 5. The molecule has 0 rings (SSSR count). The van der Waals surface area contributed by atoms with Crippen LogP contribution in [0.5, 0.6) is 0 Å². The highest BCUT2D eigenvalue weighted by atomic mass is 32.1. The minimum Gasteiger partial charge on any atom is -0.394 e. The maximum Gasteiger partial charge on any atom is 0.0861 e. The van der Waals surface area contributed by atoms with Gasteiger partial charge in [-0.05, 0) is 0 Å². The number of hydrogen-bond acceptors (Lipinski definition) is 4. The average Bonchev–Trinajstić information content (AvgIpc) is 1.89. The van der Waals surface area contributed by atoms with Gasteiger partial charge in [-0.25, -0.2) is 0 Å². The molecule has 0 aliphatic rings. The SMILES string of the molecule is OCCOCC(O)CS. The summed E-state index contributed by atoms with van der Waals surface area (Å²) in [6, 6.07) is 0. The van der Waals surface area contributed by atoms with Gasteiger partial charge in [0.2, 0.25) is 0 Å². The van der Waals surface area contributed by atoms with Crippen LogP contribution in [0.1, 0.15) is 0 Å². The van der Waals surface area contributed by atoms with Crippen LogP contribution in [0.3, 0.4) is 0 Å². The van der Waals surface area contributed by atoms with Crippen molar-refractivity contribution >= 4 is 12.6 Å². The van der Waals surface area contributed by atoms with E-state index in [4.69, 9.17) is 14.9 Å². The Bertz CT molecular complexity index is 60.2. The van der Waals surface area contributed by atoms with E-state index in [0.29, 0.717) is 5.75 Å². The van der Waals surface area contributed by atoms with E-state index in [9.17, 15) is 0 Å². The molecule has 0 heterocycles. The molecule has 0 saturated heterocycles. The Balaban J connectivity index is 2.88. The van der Waals surface area contributed by atoms with Crippen molar-refractivity contribution in [3.05, 3.63) is 0 Å². The second-order valence-electron chi connectivity index (χ2n) is 1.63. The van der Waals surface area contributed by atoms with Crippen LogP contribution < -0.4 is 0 Å². The maximum absolute atomic E-state index is 8.80. The van der Waals surface area contributed by atoms with Crippen LogP contribution in [0.25, 0.3) is 0 Å². The van der Waals surface area contributed by atoms with Gasteiger partial charge in [-0.15, -0.1) is 0 Å². The fourth-order valence-corrected chi connectivity index (χ4v) is 0.442.